The molecule has 0 saturated heterocycles. The highest BCUT2D eigenvalue weighted by Crippen LogP contribution is 2.56. The molecule has 0 atom stereocenters. The molecule has 1 heteroatoms. The van der Waals surface area contributed by atoms with E-state index in [2.05, 4.69) is 44.9 Å². The molecule has 1 aromatic rings. The van der Waals surface area contributed by atoms with E-state index in [0.717, 1.165) is 12.5 Å². The van der Waals surface area contributed by atoms with Crippen molar-refractivity contribution in [3.05, 3.63) is 34.4 Å². The molecule has 1 nitrogen and oxygen atoms in total. The van der Waals surface area contributed by atoms with Gasteiger partial charge in [0.2, 0.25) is 0 Å². The summed E-state index contributed by atoms with van der Waals surface area (Å²) in [5.41, 5.74) is 7.54. The van der Waals surface area contributed by atoms with Gasteiger partial charge in [-0.05, 0) is 66.3 Å². The smallest absolute Gasteiger partial charge is 0.0234 e. The van der Waals surface area contributed by atoms with Crippen molar-refractivity contribution < 1.29 is 0 Å². The maximum absolute atomic E-state index is 2.61. The van der Waals surface area contributed by atoms with Crippen molar-refractivity contribution in [3.8, 4) is 0 Å². The van der Waals surface area contributed by atoms with E-state index in [9.17, 15) is 0 Å². The quantitative estimate of drug-likeness (QED) is 0.695. The topological polar surface area (TPSA) is 3.24 Å². The summed E-state index contributed by atoms with van der Waals surface area (Å²) >= 11 is 0. The van der Waals surface area contributed by atoms with Crippen LogP contribution in [0.1, 0.15) is 87.5 Å². The Bertz CT molecular complexity index is 583. The lowest BCUT2D eigenvalue weighted by Gasteiger charge is -2.37. The summed E-state index contributed by atoms with van der Waals surface area (Å²) in [6.45, 7) is 9.54. The molecule has 0 bridgehead atoms. The van der Waals surface area contributed by atoms with Gasteiger partial charge in [0.15, 0.2) is 0 Å². The van der Waals surface area contributed by atoms with Crippen LogP contribution in [-0.4, -0.2) is 18.5 Å². The van der Waals surface area contributed by atoms with Crippen molar-refractivity contribution in [2.45, 2.75) is 82.6 Å². The average molecular weight is 297 g/mol. The second kappa shape index (κ2) is 4.84. The SMILES string of the molecule is CN1Cc2cc(C(C)(C)C)cc(C3CCCC3)c2C2(CC2)C1. The summed E-state index contributed by atoms with van der Waals surface area (Å²) in [5.74, 6) is 0.844. The van der Waals surface area contributed by atoms with E-state index in [0.29, 0.717) is 5.41 Å². The summed E-state index contributed by atoms with van der Waals surface area (Å²) in [7, 11) is 2.31. The van der Waals surface area contributed by atoms with Crippen LogP contribution < -0.4 is 0 Å². The molecule has 3 aliphatic rings. The van der Waals surface area contributed by atoms with E-state index in [1.807, 2.05) is 0 Å². The zero-order valence-corrected chi connectivity index (χ0v) is 14.8. The largest absolute Gasteiger partial charge is 0.301 e. The van der Waals surface area contributed by atoms with Gasteiger partial charge >= 0.3 is 0 Å². The number of likely N-dealkylation sites (N-methyl/N-ethyl adjacent to an activating group) is 1. The summed E-state index contributed by atoms with van der Waals surface area (Å²) in [6.07, 6.45) is 8.55. The normalized spacial score (nSPS) is 24.7. The fourth-order valence-electron chi connectivity index (χ4n) is 4.99. The first-order chi connectivity index (χ1) is 10.4. The van der Waals surface area contributed by atoms with Crippen LogP contribution in [0.2, 0.25) is 0 Å². The van der Waals surface area contributed by atoms with Gasteiger partial charge in [-0.15, -0.1) is 0 Å². The third-order valence-electron chi connectivity index (χ3n) is 6.31. The summed E-state index contributed by atoms with van der Waals surface area (Å²) in [4.78, 5) is 2.56. The lowest BCUT2D eigenvalue weighted by molar-refractivity contribution is 0.269. The second-order valence-corrected chi connectivity index (χ2v) is 9.28. The van der Waals surface area contributed by atoms with Gasteiger partial charge in [-0.3, -0.25) is 0 Å². The third kappa shape index (κ3) is 2.33. The first-order valence-electron chi connectivity index (χ1n) is 9.25. The Kier molecular flexibility index (Phi) is 3.24. The minimum absolute atomic E-state index is 0.259. The van der Waals surface area contributed by atoms with Gasteiger partial charge < -0.3 is 4.90 Å². The van der Waals surface area contributed by atoms with Gasteiger partial charge in [-0.2, -0.15) is 0 Å². The number of nitrogens with zero attached hydrogens (tertiary/aromatic N) is 1. The highest BCUT2D eigenvalue weighted by molar-refractivity contribution is 5.51. The van der Waals surface area contributed by atoms with Crippen molar-refractivity contribution in [2.75, 3.05) is 13.6 Å². The van der Waals surface area contributed by atoms with Crippen LogP contribution in [-0.2, 0) is 17.4 Å². The molecule has 120 valence electrons. The van der Waals surface area contributed by atoms with Crippen molar-refractivity contribution in [1.29, 1.82) is 0 Å². The van der Waals surface area contributed by atoms with Crippen molar-refractivity contribution in [1.82, 2.24) is 4.90 Å². The van der Waals surface area contributed by atoms with Gasteiger partial charge in [0.1, 0.15) is 0 Å². The van der Waals surface area contributed by atoms with Crippen LogP contribution in [0.3, 0.4) is 0 Å². The van der Waals surface area contributed by atoms with Gasteiger partial charge in [-0.25, -0.2) is 0 Å². The maximum Gasteiger partial charge on any atom is 0.0234 e. The zero-order chi connectivity index (χ0) is 15.5. The molecule has 22 heavy (non-hydrogen) atoms. The molecule has 4 rings (SSSR count). The first-order valence-corrected chi connectivity index (χ1v) is 9.25. The Morgan fingerprint density at radius 2 is 1.77 bits per heavy atom. The molecule has 2 saturated carbocycles. The molecule has 0 amide bonds. The van der Waals surface area contributed by atoms with E-state index in [-0.39, 0.29) is 5.41 Å². The van der Waals surface area contributed by atoms with Crippen molar-refractivity contribution in [2.24, 2.45) is 0 Å². The van der Waals surface area contributed by atoms with Crippen molar-refractivity contribution >= 4 is 0 Å². The average Bonchev–Trinajstić information content (AvgIpc) is 2.99. The molecule has 1 aromatic carbocycles. The van der Waals surface area contributed by atoms with E-state index in [4.69, 9.17) is 0 Å². The summed E-state index contributed by atoms with van der Waals surface area (Å²) in [5, 5.41) is 0. The van der Waals surface area contributed by atoms with Crippen molar-refractivity contribution in [3.63, 3.8) is 0 Å². The van der Waals surface area contributed by atoms with Crippen LogP contribution >= 0.6 is 0 Å². The molecular formula is C21H31N. The van der Waals surface area contributed by atoms with Crippen LogP contribution in [0, 0.1) is 0 Å². The predicted octanol–water partition coefficient (Wildman–Crippen LogP) is 5.12. The molecular weight excluding hydrogens is 266 g/mol. The monoisotopic (exact) mass is 297 g/mol. The lowest BCUT2D eigenvalue weighted by Crippen LogP contribution is -2.36. The molecule has 0 N–H and O–H groups in total. The van der Waals surface area contributed by atoms with E-state index in [1.165, 1.54) is 45.1 Å². The maximum atomic E-state index is 2.61. The molecule has 1 aliphatic heterocycles. The number of hydrogen-bond acceptors (Lipinski definition) is 1. The van der Waals surface area contributed by atoms with Crippen LogP contribution in [0.5, 0.6) is 0 Å². The van der Waals surface area contributed by atoms with Crippen LogP contribution in [0.25, 0.3) is 0 Å². The minimum Gasteiger partial charge on any atom is -0.301 e. The third-order valence-corrected chi connectivity index (χ3v) is 6.31. The van der Waals surface area contributed by atoms with Gasteiger partial charge in [-0.1, -0.05) is 45.7 Å². The highest BCUT2D eigenvalue weighted by atomic mass is 15.1. The fraction of sp³-hybridized carbons (Fsp3) is 0.714. The van der Waals surface area contributed by atoms with Gasteiger partial charge in [0.05, 0.1) is 0 Å². The van der Waals surface area contributed by atoms with Crippen LogP contribution in [0.15, 0.2) is 12.1 Å². The van der Waals surface area contributed by atoms with Gasteiger partial charge in [0.25, 0.3) is 0 Å². The molecule has 2 aliphatic carbocycles. The fourth-order valence-corrected chi connectivity index (χ4v) is 4.99. The Labute approximate surface area is 136 Å². The molecule has 0 radical (unpaired) electrons. The standard InChI is InChI=1S/C21H31N/c1-20(2,3)17-11-16-13-22(4)14-21(9-10-21)19(16)18(12-17)15-7-5-6-8-15/h11-12,15H,5-10,13-14H2,1-4H3. The number of hydrogen-bond donors (Lipinski definition) is 0. The first kappa shape index (κ1) is 14.8. The number of benzene rings is 1. The van der Waals surface area contributed by atoms with Crippen LogP contribution in [0.4, 0.5) is 0 Å². The number of fused-ring (bicyclic) bond motifs is 2. The Morgan fingerprint density at radius 3 is 2.36 bits per heavy atom. The molecule has 1 heterocycles. The Balaban J connectivity index is 1.89. The van der Waals surface area contributed by atoms with Gasteiger partial charge in [0, 0.05) is 18.5 Å². The summed E-state index contributed by atoms with van der Waals surface area (Å²) < 4.78 is 0. The molecule has 0 aromatic heterocycles. The Morgan fingerprint density at radius 1 is 1.09 bits per heavy atom. The Hall–Kier alpha value is -0.820. The van der Waals surface area contributed by atoms with E-state index in [1.54, 1.807) is 22.3 Å². The number of rotatable bonds is 1. The lowest BCUT2D eigenvalue weighted by atomic mass is 9.75. The molecule has 1 spiro atoms. The van der Waals surface area contributed by atoms with E-state index >= 15 is 0 Å². The minimum atomic E-state index is 0.259. The van der Waals surface area contributed by atoms with E-state index < -0.39 is 0 Å². The molecule has 0 unspecified atom stereocenters. The summed E-state index contributed by atoms with van der Waals surface area (Å²) in [6, 6.07) is 5.16. The zero-order valence-electron chi connectivity index (χ0n) is 14.8. The second-order valence-electron chi connectivity index (χ2n) is 9.28. The highest BCUT2D eigenvalue weighted by Gasteiger charge is 2.50. The molecule has 2 fully saturated rings. The predicted molar refractivity (Wildman–Crippen MR) is 93.6 cm³/mol.